The van der Waals surface area contributed by atoms with Gasteiger partial charge >= 0.3 is 0 Å². The Kier molecular flexibility index (Phi) is 6.68. The molecule has 3 aromatic rings. The number of aliphatic imine (C=N–C) groups is 2. The number of hydrogen-bond donors (Lipinski definition) is 1. The molecule has 0 radical (unpaired) electrons. The number of aromatic hydroxyl groups is 1. The Bertz CT molecular complexity index is 1360. The van der Waals surface area contributed by atoms with E-state index in [1.54, 1.807) is 17.8 Å². The van der Waals surface area contributed by atoms with Crippen molar-refractivity contribution in [2.24, 2.45) is 9.98 Å². The zero-order valence-electron chi connectivity index (χ0n) is 18.0. The van der Waals surface area contributed by atoms with Gasteiger partial charge in [-0.3, -0.25) is 4.57 Å². The molecular formula is C24H20N4O3S2. The van der Waals surface area contributed by atoms with Gasteiger partial charge in [0.15, 0.2) is 3.95 Å². The Balaban J connectivity index is 1.53. The quantitative estimate of drug-likeness (QED) is 0.470. The smallest absolute Gasteiger partial charge is 0.258 e. The van der Waals surface area contributed by atoms with Gasteiger partial charge in [-0.1, -0.05) is 29.8 Å². The number of nitrogens with zero attached hydrogens (tertiary/aromatic N) is 4. The number of rotatable bonds is 6. The van der Waals surface area contributed by atoms with Gasteiger partial charge in [-0.2, -0.15) is 10.3 Å². The van der Waals surface area contributed by atoms with E-state index >= 15 is 0 Å². The Morgan fingerprint density at radius 1 is 1.24 bits per heavy atom. The molecular weight excluding hydrogens is 456 g/mol. The summed E-state index contributed by atoms with van der Waals surface area (Å²) in [5, 5.41) is 20.1. The molecule has 0 unspecified atom stereocenters. The van der Waals surface area contributed by atoms with Gasteiger partial charge in [0, 0.05) is 12.6 Å². The van der Waals surface area contributed by atoms with Crippen molar-refractivity contribution < 1.29 is 14.6 Å². The predicted octanol–water partition coefficient (Wildman–Crippen LogP) is 5.57. The number of aromatic nitrogens is 1. The second-order valence-corrected chi connectivity index (χ2v) is 8.89. The van der Waals surface area contributed by atoms with Gasteiger partial charge in [-0.15, -0.1) is 11.3 Å². The highest BCUT2D eigenvalue weighted by Gasteiger charge is 2.23. The van der Waals surface area contributed by atoms with Gasteiger partial charge in [0.05, 0.1) is 17.7 Å². The third-order valence-electron chi connectivity index (χ3n) is 4.93. The van der Waals surface area contributed by atoms with E-state index in [9.17, 15) is 10.4 Å². The number of ether oxygens (including phenoxy) is 2. The molecule has 0 amide bonds. The summed E-state index contributed by atoms with van der Waals surface area (Å²) in [6.07, 6.45) is 2.26. The first-order valence-electron chi connectivity index (χ1n) is 10.1. The molecule has 0 atom stereocenters. The number of nitriles is 1. The molecule has 2 aromatic carbocycles. The summed E-state index contributed by atoms with van der Waals surface area (Å²) < 4.78 is 13.1. The zero-order chi connectivity index (χ0) is 23.4. The van der Waals surface area contributed by atoms with Crippen molar-refractivity contribution in [1.82, 2.24) is 4.57 Å². The monoisotopic (exact) mass is 476 g/mol. The normalized spacial score (nSPS) is 15.4. The maximum atomic E-state index is 10.7. The number of hydrogen-bond acceptors (Lipinski definition) is 8. The lowest BCUT2D eigenvalue weighted by atomic mass is 10.1. The van der Waals surface area contributed by atoms with Gasteiger partial charge in [0.1, 0.15) is 11.8 Å². The lowest BCUT2D eigenvalue weighted by molar-refractivity contribution is 0.411. The molecule has 4 rings (SSSR count). The van der Waals surface area contributed by atoms with Crippen LogP contribution in [0.4, 0.5) is 5.69 Å². The maximum Gasteiger partial charge on any atom is 0.258 e. The van der Waals surface area contributed by atoms with Crippen molar-refractivity contribution in [3.05, 3.63) is 74.4 Å². The first-order chi connectivity index (χ1) is 16.0. The van der Waals surface area contributed by atoms with E-state index in [1.807, 2.05) is 61.5 Å². The van der Waals surface area contributed by atoms with E-state index in [0.29, 0.717) is 27.5 Å². The van der Waals surface area contributed by atoms with Gasteiger partial charge in [0.2, 0.25) is 17.5 Å². The van der Waals surface area contributed by atoms with E-state index in [4.69, 9.17) is 21.7 Å². The molecule has 1 aromatic heterocycles. The Morgan fingerprint density at radius 2 is 1.97 bits per heavy atom. The fourth-order valence-electron chi connectivity index (χ4n) is 3.13. The Hall–Kier alpha value is -3.74. The number of methoxy groups -OCH3 is 1. The molecule has 1 aliphatic rings. The fraction of sp³-hybridized carbons (Fsp3) is 0.167. The highest BCUT2D eigenvalue weighted by atomic mass is 32.1. The van der Waals surface area contributed by atoms with Crippen LogP contribution in [0, 0.1) is 22.2 Å². The van der Waals surface area contributed by atoms with Crippen LogP contribution in [0.15, 0.2) is 64.4 Å². The third-order valence-corrected chi connectivity index (χ3v) is 6.31. The molecule has 0 saturated heterocycles. The topological polar surface area (TPSA) is 92.1 Å². The van der Waals surface area contributed by atoms with Crippen LogP contribution in [-0.2, 0) is 17.7 Å². The van der Waals surface area contributed by atoms with E-state index in [-0.39, 0.29) is 23.4 Å². The van der Waals surface area contributed by atoms with Crippen molar-refractivity contribution in [3.8, 4) is 17.7 Å². The first-order valence-corrected chi connectivity index (χ1v) is 11.3. The highest BCUT2D eigenvalue weighted by Crippen LogP contribution is 2.30. The second-order valence-electron chi connectivity index (χ2n) is 7.21. The van der Waals surface area contributed by atoms with Crippen molar-refractivity contribution in [2.45, 2.75) is 19.9 Å². The molecule has 0 fully saturated rings. The van der Waals surface area contributed by atoms with Gasteiger partial charge in [0.25, 0.3) is 5.90 Å². The standard InChI is InChI=1S/C24H20N4O3S2/c1-15-3-7-17(8-4-15)26-22-19(14-25)27-21(31-22)13-20-23(29)28(24(32)33-20)12-11-16-5-9-18(30-2)10-6-16/h3-10,13,29H,11-12H2,1-2H3/b21-13+,26-22?. The van der Waals surface area contributed by atoms with E-state index in [2.05, 4.69) is 9.98 Å². The lowest BCUT2D eigenvalue weighted by Crippen LogP contribution is -2.07. The number of thiazole rings is 1. The summed E-state index contributed by atoms with van der Waals surface area (Å²) in [6.45, 7) is 2.50. The van der Waals surface area contributed by atoms with Crippen LogP contribution in [0.25, 0.3) is 6.08 Å². The first kappa shape index (κ1) is 22.5. The van der Waals surface area contributed by atoms with Crippen LogP contribution < -0.4 is 4.74 Å². The van der Waals surface area contributed by atoms with Crippen LogP contribution in [-0.4, -0.2) is 28.4 Å². The number of benzene rings is 2. The average Bonchev–Trinajstić information content (AvgIpc) is 3.33. The highest BCUT2D eigenvalue weighted by molar-refractivity contribution is 7.73. The Labute approximate surface area is 200 Å². The zero-order valence-corrected chi connectivity index (χ0v) is 19.6. The molecule has 0 saturated carbocycles. The average molecular weight is 477 g/mol. The molecule has 7 nitrogen and oxygen atoms in total. The van der Waals surface area contributed by atoms with Crippen LogP contribution in [0.2, 0.25) is 0 Å². The molecule has 0 spiro atoms. The summed E-state index contributed by atoms with van der Waals surface area (Å²) in [4.78, 5) is 9.06. The minimum Gasteiger partial charge on any atom is -0.497 e. The second kappa shape index (κ2) is 9.81. The molecule has 1 aliphatic heterocycles. The Morgan fingerprint density at radius 3 is 2.64 bits per heavy atom. The van der Waals surface area contributed by atoms with Crippen molar-refractivity contribution in [1.29, 1.82) is 5.26 Å². The summed E-state index contributed by atoms with van der Waals surface area (Å²) in [5.74, 6) is 1.12. The molecule has 9 heteroatoms. The summed E-state index contributed by atoms with van der Waals surface area (Å²) in [5.41, 5.74) is 2.93. The molecule has 0 bridgehead atoms. The van der Waals surface area contributed by atoms with Crippen LogP contribution in [0.5, 0.6) is 11.6 Å². The van der Waals surface area contributed by atoms with Crippen molar-refractivity contribution >= 4 is 46.9 Å². The molecule has 1 N–H and O–H groups in total. The fourth-order valence-corrected chi connectivity index (χ4v) is 4.41. The molecule has 0 aliphatic carbocycles. The summed E-state index contributed by atoms with van der Waals surface area (Å²) in [7, 11) is 1.63. The van der Waals surface area contributed by atoms with Crippen molar-refractivity contribution in [2.75, 3.05) is 7.11 Å². The third kappa shape index (κ3) is 5.19. The lowest BCUT2D eigenvalue weighted by Gasteiger charge is -2.06. The van der Waals surface area contributed by atoms with Crippen LogP contribution in [0.1, 0.15) is 16.0 Å². The van der Waals surface area contributed by atoms with E-state index in [0.717, 1.165) is 16.9 Å². The van der Waals surface area contributed by atoms with Crippen molar-refractivity contribution in [3.63, 3.8) is 0 Å². The van der Waals surface area contributed by atoms with E-state index in [1.165, 1.54) is 11.3 Å². The van der Waals surface area contributed by atoms with Crippen LogP contribution >= 0.6 is 23.6 Å². The van der Waals surface area contributed by atoms with Gasteiger partial charge < -0.3 is 14.6 Å². The summed E-state index contributed by atoms with van der Waals surface area (Å²) >= 11 is 6.69. The predicted molar refractivity (Wildman–Crippen MR) is 132 cm³/mol. The minimum absolute atomic E-state index is 0.0345. The summed E-state index contributed by atoms with van der Waals surface area (Å²) in [6, 6.07) is 17.3. The maximum absolute atomic E-state index is 10.7. The minimum atomic E-state index is 0.0345. The number of aryl methyl sites for hydroxylation is 2. The molecule has 166 valence electrons. The van der Waals surface area contributed by atoms with Gasteiger partial charge in [-0.25, -0.2) is 4.99 Å². The largest absolute Gasteiger partial charge is 0.497 e. The van der Waals surface area contributed by atoms with Gasteiger partial charge in [-0.05, 0) is 55.4 Å². The SMILES string of the molecule is COc1ccc(CCn2c(O)c(/C=C3\N=C(C#N)C(=Nc4ccc(C)cc4)O3)sc2=S)cc1. The van der Waals surface area contributed by atoms with E-state index < -0.39 is 0 Å². The molecule has 2 heterocycles. The molecule has 33 heavy (non-hydrogen) atoms. The van der Waals surface area contributed by atoms with Crippen LogP contribution in [0.3, 0.4) is 0 Å².